The van der Waals surface area contributed by atoms with Gasteiger partial charge in [-0.2, -0.15) is 0 Å². The van der Waals surface area contributed by atoms with Crippen molar-refractivity contribution in [1.29, 1.82) is 0 Å². The summed E-state index contributed by atoms with van der Waals surface area (Å²) in [5, 5.41) is 6.73. The highest BCUT2D eigenvalue weighted by Gasteiger charge is 2.21. The largest absolute Gasteiger partial charge is 0.327 e. The minimum Gasteiger partial charge on any atom is -0.327 e. The molecule has 0 fully saturated rings. The zero-order valence-electron chi connectivity index (χ0n) is 17.7. The summed E-state index contributed by atoms with van der Waals surface area (Å²) in [7, 11) is 0. The first-order chi connectivity index (χ1) is 16.3. The Kier molecular flexibility index (Phi) is 4.61. The van der Waals surface area contributed by atoms with Crippen LogP contribution in [0.2, 0.25) is 0 Å². The molecule has 6 aromatic rings. The molecule has 0 saturated carbocycles. The molecule has 6 nitrogen and oxygen atoms in total. The van der Waals surface area contributed by atoms with E-state index in [1.165, 1.54) is 16.2 Å². The molecular formula is C27H19N5O. The Balaban J connectivity index is 1.49. The fourth-order valence-corrected chi connectivity index (χ4v) is 4.51. The van der Waals surface area contributed by atoms with Crippen molar-refractivity contribution < 1.29 is 4.79 Å². The first-order valence-electron chi connectivity index (χ1n) is 10.7. The van der Waals surface area contributed by atoms with Crippen molar-refractivity contribution in [3.63, 3.8) is 0 Å². The predicted molar refractivity (Wildman–Crippen MR) is 128 cm³/mol. The minimum atomic E-state index is -0.0794. The van der Waals surface area contributed by atoms with Crippen LogP contribution < -0.4 is 0 Å². The Bertz CT molecular complexity index is 1530. The maximum Gasteiger partial charge on any atom is 0.255 e. The Hall–Kier alpha value is -4.45. The molecule has 2 aromatic heterocycles. The molecular weight excluding hydrogens is 410 g/mol. The van der Waals surface area contributed by atoms with E-state index in [2.05, 4.69) is 62.4 Å². The van der Waals surface area contributed by atoms with E-state index in [4.69, 9.17) is 0 Å². The fourth-order valence-electron chi connectivity index (χ4n) is 4.51. The van der Waals surface area contributed by atoms with Gasteiger partial charge in [0.15, 0.2) is 0 Å². The number of benzene rings is 4. The van der Waals surface area contributed by atoms with Crippen LogP contribution in [0.5, 0.6) is 0 Å². The van der Waals surface area contributed by atoms with E-state index in [0.717, 1.165) is 16.2 Å². The Morgan fingerprint density at radius 1 is 0.667 bits per heavy atom. The van der Waals surface area contributed by atoms with Gasteiger partial charge in [-0.25, -0.2) is 0 Å². The van der Waals surface area contributed by atoms with Crippen LogP contribution in [0.25, 0.3) is 32.3 Å². The normalized spacial score (nSPS) is 11.4. The van der Waals surface area contributed by atoms with Gasteiger partial charge in [0, 0.05) is 30.4 Å². The van der Waals surface area contributed by atoms with Gasteiger partial charge in [-0.3, -0.25) is 24.7 Å². The molecule has 158 valence electrons. The highest BCUT2D eigenvalue weighted by Crippen LogP contribution is 2.36. The van der Waals surface area contributed by atoms with Gasteiger partial charge in [-0.1, -0.05) is 48.5 Å². The summed E-state index contributed by atoms with van der Waals surface area (Å²) >= 11 is 0. The topological polar surface area (TPSA) is 71.9 Å². The number of carbonyl (C=O) groups is 1. The van der Waals surface area contributed by atoms with E-state index in [-0.39, 0.29) is 5.91 Å². The smallest absolute Gasteiger partial charge is 0.255 e. The number of nitrogens with zero attached hydrogens (tertiary/aromatic N) is 5. The monoisotopic (exact) mass is 429 g/mol. The highest BCUT2D eigenvalue weighted by molar-refractivity contribution is 6.26. The van der Waals surface area contributed by atoms with Gasteiger partial charge in [0.25, 0.3) is 5.91 Å². The van der Waals surface area contributed by atoms with Gasteiger partial charge in [0.05, 0.1) is 36.9 Å². The van der Waals surface area contributed by atoms with Crippen molar-refractivity contribution in [2.75, 3.05) is 0 Å². The van der Waals surface area contributed by atoms with E-state index >= 15 is 0 Å². The number of carbonyl (C=O) groups excluding carboxylic acids is 1. The van der Waals surface area contributed by atoms with Gasteiger partial charge in [-0.05, 0) is 38.4 Å². The van der Waals surface area contributed by atoms with Crippen molar-refractivity contribution in [3.8, 4) is 0 Å². The molecule has 33 heavy (non-hydrogen) atoms. The van der Waals surface area contributed by atoms with Crippen molar-refractivity contribution in [3.05, 3.63) is 109 Å². The van der Waals surface area contributed by atoms with E-state index in [1.807, 2.05) is 12.1 Å². The quantitative estimate of drug-likeness (QED) is 0.360. The maximum absolute atomic E-state index is 13.9. The van der Waals surface area contributed by atoms with Crippen LogP contribution >= 0.6 is 0 Å². The number of hydrogen-bond donors (Lipinski definition) is 0. The molecule has 6 rings (SSSR count). The zero-order valence-corrected chi connectivity index (χ0v) is 17.7. The van der Waals surface area contributed by atoms with E-state index in [0.29, 0.717) is 30.0 Å². The second kappa shape index (κ2) is 7.91. The molecule has 0 radical (unpaired) electrons. The van der Waals surface area contributed by atoms with E-state index in [1.54, 1.807) is 42.1 Å². The fraction of sp³-hybridized carbons (Fsp3) is 0.0741. The van der Waals surface area contributed by atoms with Gasteiger partial charge in [-0.15, -0.1) is 0 Å². The van der Waals surface area contributed by atoms with Crippen molar-refractivity contribution in [1.82, 2.24) is 24.8 Å². The van der Waals surface area contributed by atoms with Crippen LogP contribution in [0, 0.1) is 0 Å². The van der Waals surface area contributed by atoms with Gasteiger partial charge in [0.1, 0.15) is 0 Å². The summed E-state index contributed by atoms with van der Waals surface area (Å²) in [5.74, 6) is -0.0794. The molecule has 0 aliphatic heterocycles. The van der Waals surface area contributed by atoms with Gasteiger partial charge in [0.2, 0.25) is 0 Å². The lowest BCUT2D eigenvalue weighted by molar-refractivity contribution is 0.0727. The van der Waals surface area contributed by atoms with Crippen LogP contribution in [-0.4, -0.2) is 30.7 Å². The molecule has 0 spiro atoms. The first-order valence-corrected chi connectivity index (χ1v) is 10.7. The molecule has 0 aliphatic carbocycles. The summed E-state index contributed by atoms with van der Waals surface area (Å²) in [6.07, 6.45) is 9.88. The lowest BCUT2D eigenvalue weighted by Crippen LogP contribution is -2.31. The average Bonchev–Trinajstić information content (AvgIpc) is 2.88. The second-order valence-electron chi connectivity index (χ2n) is 8.02. The molecule has 0 unspecified atom stereocenters. The summed E-state index contributed by atoms with van der Waals surface area (Å²) in [4.78, 5) is 32.7. The third-order valence-corrected chi connectivity index (χ3v) is 5.99. The SMILES string of the molecule is O=C(c1ccc2ccc3cccc4ccc1c2c34)N(Cc1cnccn1)Cc1cnccn1. The molecule has 0 N–H and O–H groups in total. The van der Waals surface area contributed by atoms with Crippen LogP contribution in [0.1, 0.15) is 21.7 Å². The molecule has 0 saturated heterocycles. The van der Waals surface area contributed by atoms with Gasteiger partial charge < -0.3 is 4.90 Å². The average molecular weight is 429 g/mol. The summed E-state index contributed by atoms with van der Waals surface area (Å²) < 4.78 is 0. The predicted octanol–water partition coefficient (Wildman–Crippen LogP) is 5.01. The van der Waals surface area contributed by atoms with E-state index < -0.39 is 0 Å². The van der Waals surface area contributed by atoms with Crippen LogP contribution in [-0.2, 0) is 13.1 Å². The molecule has 0 bridgehead atoms. The van der Waals surface area contributed by atoms with Gasteiger partial charge >= 0.3 is 0 Å². The molecule has 1 amide bonds. The molecule has 4 aromatic carbocycles. The highest BCUT2D eigenvalue weighted by atomic mass is 16.2. The molecule has 0 atom stereocenters. The van der Waals surface area contributed by atoms with Crippen molar-refractivity contribution >= 4 is 38.2 Å². The zero-order chi connectivity index (χ0) is 22.2. The second-order valence-corrected chi connectivity index (χ2v) is 8.02. The number of amides is 1. The Morgan fingerprint density at radius 3 is 1.85 bits per heavy atom. The summed E-state index contributed by atoms with van der Waals surface area (Å²) in [5.41, 5.74) is 2.09. The molecule has 0 aliphatic rings. The Labute approximate surface area is 189 Å². The Morgan fingerprint density at radius 2 is 1.24 bits per heavy atom. The number of hydrogen-bond acceptors (Lipinski definition) is 5. The summed E-state index contributed by atoms with van der Waals surface area (Å²) in [6.45, 7) is 0.649. The van der Waals surface area contributed by atoms with E-state index in [9.17, 15) is 4.79 Å². The lowest BCUT2D eigenvalue weighted by atomic mass is 9.91. The number of aromatic nitrogens is 4. The standard InChI is InChI=1S/C27H19N5O/c33-27(32(16-21-14-28-10-12-30-21)17-22-15-29-11-13-31-22)24-9-7-20-5-4-18-2-1-3-19-6-8-23(24)26(20)25(18)19/h1-15H,16-17H2. The first kappa shape index (κ1) is 19.3. The van der Waals surface area contributed by atoms with Crippen LogP contribution in [0.3, 0.4) is 0 Å². The summed E-state index contributed by atoms with van der Waals surface area (Å²) in [6, 6.07) is 18.7. The third kappa shape index (κ3) is 3.42. The molecule has 2 heterocycles. The van der Waals surface area contributed by atoms with Crippen LogP contribution in [0.4, 0.5) is 0 Å². The van der Waals surface area contributed by atoms with Crippen LogP contribution in [0.15, 0.2) is 91.8 Å². The third-order valence-electron chi connectivity index (χ3n) is 5.99. The van der Waals surface area contributed by atoms with Crippen molar-refractivity contribution in [2.45, 2.75) is 13.1 Å². The minimum absolute atomic E-state index is 0.0794. The molecule has 6 heteroatoms. The maximum atomic E-state index is 13.9. The van der Waals surface area contributed by atoms with Crippen molar-refractivity contribution in [2.24, 2.45) is 0 Å². The lowest BCUT2D eigenvalue weighted by Gasteiger charge is -2.23. The number of rotatable bonds is 5.